The molecule has 2 aromatic heterocycles. The molecule has 0 bridgehead atoms. The lowest BCUT2D eigenvalue weighted by Gasteiger charge is -2.26. The number of carbonyl (C=O) groups excluding carboxylic acids is 1. The standard InChI is InChI=1S/C27H25N3O4/c1-4-10-33-19-8-5-7-18(14-19)26-23-24(22-17(3)12-16(2)13-21(22)31)28-29-25(23)27(32)30(26)15-20-9-6-11-34-20/h4-9,11-14,26,31H,1,10,15H2,2-3H3,(H,28,29). The first-order chi connectivity index (χ1) is 16.5. The number of aromatic nitrogens is 2. The Kier molecular flexibility index (Phi) is 5.45. The number of carbonyl (C=O) groups is 1. The van der Waals surface area contributed by atoms with Gasteiger partial charge in [0.2, 0.25) is 0 Å². The molecule has 2 aromatic carbocycles. The molecular weight excluding hydrogens is 430 g/mol. The maximum absolute atomic E-state index is 13.5. The maximum atomic E-state index is 13.5. The van der Waals surface area contributed by atoms with Gasteiger partial charge in [0.25, 0.3) is 5.91 Å². The number of nitrogens with zero attached hydrogens (tertiary/aromatic N) is 2. The zero-order valence-corrected chi connectivity index (χ0v) is 19.0. The van der Waals surface area contributed by atoms with Gasteiger partial charge >= 0.3 is 0 Å². The van der Waals surface area contributed by atoms with Crippen LogP contribution in [0, 0.1) is 13.8 Å². The summed E-state index contributed by atoms with van der Waals surface area (Å²) < 4.78 is 11.3. The Labute approximate surface area is 197 Å². The number of phenols is 1. The van der Waals surface area contributed by atoms with Gasteiger partial charge in [-0.1, -0.05) is 30.9 Å². The van der Waals surface area contributed by atoms with Crippen molar-refractivity contribution in [2.45, 2.75) is 26.4 Å². The molecule has 4 aromatic rings. The second-order valence-electron chi connectivity index (χ2n) is 8.42. The van der Waals surface area contributed by atoms with Gasteiger partial charge in [-0.05, 0) is 60.9 Å². The summed E-state index contributed by atoms with van der Waals surface area (Å²) in [5, 5.41) is 18.2. The van der Waals surface area contributed by atoms with Crippen LogP contribution in [0.2, 0.25) is 0 Å². The van der Waals surface area contributed by atoms with Gasteiger partial charge in [-0.15, -0.1) is 0 Å². The number of H-pyrrole nitrogens is 1. The fourth-order valence-corrected chi connectivity index (χ4v) is 4.65. The van der Waals surface area contributed by atoms with Crippen LogP contribution < -0.4 is 4.74 Å². The zero-order chi connectivity index (χ0) is 23.8. The smallest absolute Gasteiger partial charge is 0.273 e. The minimum atomic E-state index is -0.450. The number of nitrogens with one attached hydrogen (secondary N) is 1. The van der Waals surface area contributed by atoms with E-state index in [9.17, 15) is 9.90 Å². The second-order valence-corrected chi connectivity index (χ2v) is 8.42. The van der Waals surface area contributed by atoms with E-state index in [2.05, 4.69) is 16.8 Å². The van der Waals surface area contributed by atoms with E-state index in [-0.39, 0.29) is 18.2 Å². The Morgan fingerprint density at radius 2 is 2.09 bits per heavy atom. The molecule has 0 fully saturated rings. The fourth-order valence-electron chi connectivity index (χ4n) is 4.65. The highest BCUT2D eigenvalue weighted by Gasteiger charge is 2.43. The van der Waals surface area contributed by atoms with E-state index in [1.54, 1.807) is 29.4 Å². The van der Waals surface area contributed by atoms with Crippen molar-refractivity contribution < 1.29 is 19.1 Å². The van der Waals surface area contributed by atoms with E-state index < -0.39 is 6.04 Å². The summed E-state index contributed by atoms with van der Waals surface area (Å²) in [6.45, 7) is 8.23. The molecule has 0 aliphatic carbocycles. The minimum Gasteiger partial charge on any atom is -0.507 e. The van der Waals surface area contributed by atoms with Gasteiger partial charge in [0, 0.05) is 11.1 Å². The predicted molar refractivity (Wildman–Crippen MR) is 128 cm³/mol. The van der Waals surface area contributed by atoms with E-state index in [4.69, 9.17) is 9.15 Å². The van der Waals surface area contributed by atoms with Crippen LogP contribution in [0.4, 0.5) is 0 Å². The highest BCUT2D eigenvalue weighted by molar-refractivity contribution is 6.00. The Balaban J connectivity index is 1.68. The molecule has 1 amide bonds. The summed E-state index contributed by atoms with van der Waals surface area (Å²) in [5.74, 6) is 1.30. The number of rotatable bonds is 7. The summed E-state index contributed by atoms with van der Waals surface area (Å²) >= 11 is 0. The first kappa shape index (κ1) is 21.6. The number of aromatic hydroxyl groups is 1. The molecule has 172 valence electrons. The first-order valence-corrected chi connectivity index (χ1v) is 11.0. The molecular formula is C27H25N3O4. The van der Waals surface area contributed by atoms with Crippen LogP contribution in [-0.2, 0) is 6.54 Å². The van der Waals surface area contributed by atoms with Crippen molar-refractivity contribution in [3.8, 4) is 22.8 Å². The highest BCUT2D eigenvalue weighted by atomic mass is 16.5. The van der Waals surface area contributed by atoms with Crippen molar-refractivity contribution in [2.75, 3.05) is 6.61 Å². The van der Waals surface area contributed by atoms with Gasteiger partial charge in [0.1, 0.15) is 35.3 Å². The van der Waals surface area contributed by atoms with E-state index >= 15 is 0 Å². The molecule has 3 heterocycles. The normalized spacial score (nSPS) is 14.9. The largest absolute Gasteiger partial charge is 0.507 e. The van der Waals surface area contributed by atoms with Crippen LogP contribution in [0.25, 0.3) is 11.3 Å². The number of hydrogen-bond acceptors (Lipinski definition) is 5. The highest BCUT2D eigenvalue weighted by Crippen LogP contribution is 2.46. The number of aryl methyl sites for hydroxylation is 2. The SMILES string of the molecule is C=CCOc1cccc(C2c3c(-c4c(C)cc(C)cc4O)n[nH]c3C(=O)N2Cc2ccco2)c1. The lowest BCUT2D eigenvalue weighted by molar-refractivity contribution is 0.0716. The Morgan fingerprint density at radius 1 is 1.24 bits per heavy atom. The lowest BCUT2D eigenvalue weighted by Crippen LogP contribution is -2.29. The zero-order valence-electron chi connectivity index (χ0n) is 19.0. The number of ether oxygens (including phenoxy) is 1. The van der Waals surface area contributed by atoms with Gasteiger partial charge in [-0.2, -0.15) is 5.10 Å². The average molecular weight is 456 g/mol. The summed E-state index contributed by atoms with van der Waals surface area (Å²) in [4.78, 5) is 15.3. The van der Waals surface area contributed by atoms with Crippen LogP contribution >= 0.6 is 0 Å². The molecule has 2 N–H and O–H groups in total. The molecule has 7 heteroatoms. The van der Waals surface area contributed by atoms with Crippen LogP contribution in [0.1, 0.15) is 44.5 Å². The van der Waals surface area contributed by atoms with Gasteiger partial charge in [0.05, 0.1) is 18.8 Å². The molecule has 1 aliphatic rings. The Hall–Kier alpha value is -4.26. The third kappa shape index (κ3) is 3.65. The lowest BCUT2D eigenvalue weighted by atomic mass is 9.93. The molecule has 0 saturated carbocycles. The molecule has 0 radical (unpaired) electrons. The van der Waals surface area contributed by atoms with Crippen molar-refractivity contribution in [3.63, 3.8) is 0 Å². The van der Waals surface area contributed by atoms with E-state index in [0.717, 1.165) is 22.3 Å². The fraction of sp³-hybridized carbons (Fsp3) is 0.185. The number of benzene rings is 2. The monoisotopic (exact) mass is 455 g/mol. The van der Waals surface area contributed by atoms with Crippen LogP contribution in [0.3, 0.4) is 0 Å². The van der Waals surface area contributed by atoms with Crippen molar-refractivity contribution >= 4 is 5.91 Å². The Morgan fingerprint density at radius 3 is 2.82 bits per heavy atom. The molecule has 34 heavy (non-hydrogen) atoms. The molecule has 0 saturated heterocycles. The summed E-state index contributed by atoms with van der Waals surface area (Å²) in [7, 11) is 0. The minimum absolute atomic E-state index is 0.130. The number of furan rings is 1. The van der Waals surface area contributed by atoms with E-state index in [0.29, 0.717) is 35.1 Å². The van der Waals surface area contributed by atoms with Gasteiger partial charge in [-0.3, -0.25) is 9.89 Å². The molecule has 5 rings (SSSR count). The number of fused-ring (bicyclic) bond motifs is 1. The van der Waals surface area contributed by atoms with Crippen molar-refractivity contribution in [1.82, 2.24) is 15.1 Å². The second kappa shape index (κ2) is 8.59. The quantitative estimate of drug-likeness (QED) is 0.369. The maximum Gasteiger partial charge on any atom is 0.273 e. The number of amides is 1. The molecule has 1 aliphatic heterocycles. The third-order valence-corrected chi connectivity index (χ3v) is 6.01. The summed E-state index contributed by atoms with van der Waals surface area (Å²) in [6.07, 6.45) is 3.28. The molecule has 1 atom stereocenters. The first-order valence-electron chi connectivity index (χ1n) is 11.0. The molecule has 7 nitrogen and oxygen atoms in total. The van der Waals surface area contributed by atoms with Crippen LogP contribution in [0.5, 0.6) is 11.5 Å². The number of phenolic OH excluding ortho intramolecular Hbond substituents is 1. The van der Waals surface area contributed by atoms with Crippen molar-refractivity contribution in [2.24, 2.45) is 0 Å². The van der Waals surface area contributed by atoms with Crippen molar-refractivity contribution in [3.05, 3.63) is 101 Å². The van der Waals surface area contributed by atoms with Gasteiger partial charge in [-0.25, -0.2) is 0 Å². The topological polar surface area (TPSA) is 91.6 Å². The third-order valence-electron chi connectivity index (χ3n) is 6.01. The van der Waals surface area contributed by atoms with Gasteiger partial charge in [0.15, 0.2) is 0 Å². The average Bonchev–Trinajstić information content (AvgIpc) is 3.52. The summed E-state index contributed by atoms with van der Waals surface area (Å²) in [6, 6.07) is 14.5. The predicted octanol–water partition coefficient (Wildman–Crippen LogP) is 5.30. The van der Waals surface area contributed by atoms with Crippen molar-refractivity contribution in [1.29, 1.82) is 0 Å². The molecule has 1 unspecified atom stereocenters. The number of aromatic amines is 1. The van der Waals surface area contributed by atoms with E-state index in [1.807, 2.05) is 50.2 Å². The van der Waals surface area contributed by atoms with Gasteiger partial charge < -0.3 is 19.2 Å². The number of hydrogen-bond donors (Lipinski definition) is 2. The molecule has 0 spiro atoms. The van der Waals surface area contributed by atoms with Crippen LogP contribution in [-0.4, -0.2) is 32.7 Å². The Bertz CT molecular complexity index is 1350. The summed E-state index contributed by atoms with van der Waals surface area (Å²) in [5.41, 5.74) is 4.99. The van der Waals surface area contributed by atoms with Crippen LogP contribution in [0.15, 0.2) is 71.9 Å². The van der Waals surface area contributed by atoms with E-state index in [1.165, 1.54) is 0 Å².